The van der Waals surface area contributed by atoms with Gasteiger partial charge in [0.15, 0.2) is 0 Å². The van der Waals surface area contributed by atoms with Crippen molar-refractivity contribution in [2.24, 2.45) is 5.92 Å². The molecule has 6 nitrogen and oxygen atoms in total. The average molecular weight is 302 g/mol. The molecule has 7 heteroatoms. The molecule has 1 aliphatic heterocycles. The molecule has 1 heterocycles. The van der Waals surface area contributed by atoms with Gasteiger partial charge in [0.05, 0.1) is 5.75 Å². The van der Waals surface area contributed by atoms with Crippen LogP contribution in [0, 0.1) is 5.92 Å². The molecular weight excluding hydrogens is 280 g/mol. The molecule has 0 aromatic rings. The monoisotopic (exact) mass is 302 g/mol. The molecule has 2 atom stereocenters. The van der Waals surface area contributed by atoms with E-state index >= 15 is 0 Å². The van der Waals surface area contributed by atoms with Gasteiger partial charge in [-0.1, -0.05) is 6.92 Å². The maximum Gasteiger partial charge on any atom is 0.248 e. The van der Waals surface area contributed by atoms with Gasteiger partial charge in [-0.15, -0.1) is 0 Å². The predicted molar refractivity (Wildman–Crippen MR) is 74.8 cm³/mol. The third-order valence-corrected chi connectivity index (χ3v) is 5.14. The molecule has 1 N–H and O–H groups in total. The van der Waals surface area contributed by atoms with Gasteiger partial charge in [0.2, 0.25) is 11.8 Å². The van der Waals surface area contributed by atoms with Crippen LogP contribution in [0.4, 0.5) is 0 Å². The van der Waals surface area contributed by atoms with Gasteiger partial charge in [-0.05, 0) is 32.1 Å². The minimum absolute atomic E-state index is 0.0991. The molecule has 1 saturated heterocycles. The van der Waals surface area contributed by atoms with Gasteiger partial charge < -0.3 is 10.2 Å². The van der Waals surface area contributed by atoms with E-state index in [0.29, 0.717) is 6.42 Å². The number of hydrogen-bond acceptors (Lipinski definition) is 4. The molecule has 1 saturated carbocycles. The van der Waals surface area contributed by atoms with E-state index in [2.05, 4.69) is 5.32 Å². The molecule has 0 spiro atoms. The van der Waals surface area contributed by atoms with Crippen LogP contribution in [0.15, 0.2) is 0 Å². The first-order valence-electron chi connectivity index (χ1n) is 6.99. The summed E-state index contributed by atoms with van der Waals surface area (Å²) in [5.74, 6) is -0.236. The molecule has 0 bridgehead atoms. The van der Waals surface area contributed by atoms with E-state index in [1.54, 1.807) is 6.92 Å². The van der Waals surface area contributed by atoms with Crippen LogP contribution >= 0.6 is 0 Å². The molecule has 0 radical (unpaired) electrons. The normalized spacial score (nSPS) is 31.4. The zero-order chi connectivity index (χ0) is 15.1. The summed E-state index contributed by atoms with van der Waals surface area (Å²) in [6, 6.07) is -0.496. The lowest BCUT2D eigenvalue weighted by atomic mass is 9.90. The molecule has 2 fully saturated rings. The van der Waals surface area contributed by atoms with E-state index in [9.17, 15) is 18.0 Å². The molecule has 2 aliphatic rings. The first-order chi connectivity index (χ1) is 9.18. The van der Waals surface area contributed by atoms with Crippen LogP contribution < -0.4 is 5.32 Å². The molecule has 2 rings (SSSR count). The molecular formula is C13H22N2O4S. The lowest BCUT2D eigenvalue weighted by Crippen LogP contribution is -2.70. The van der Waals surface area contributed by atoms with E-state index in [4.69, 9.17) is 0 Å². The highest BCUT2D eigenvalue weighted by Crippen LogP contribution is 2.38. The lowest BCUT2D eigenvalue weighted by Gasteiger charge is -2.44. The Kier molecular flexibility index (Phi) is 3.83. The summed E-state index contributed by atoms with van der Waals surface area (Å²) in [7, 11) is -3.16. The Balaban J connectivity index is 2.24. The average Bonchev–Trinajstić information content (AvgIpc) is 3.14. The van der Waals surface area contributed by atoms with Crippen molar-refractivity contribution in [3.05, 3.63) is 0 Å². The zero-order valence-corrected chi connectivity index (χ0v) is 13.0. The summed E-state index contributed by atoms with van der Waals surface area (Å²) in [4.78, 5) is 26.4. The van der Waals surface area contributed by atoms with Gasteiger partial charge in [-0.3, -0.25) is 9.59 Å². The standard InChI is InChI=1S/C13H22N2O4S/c1-4-13(2)12(17)15(7-8-20(3,18)19)10(9-5-6-9)11(16)14-13/h9-10H,4-8H2,1-3H3,(H,14,16). The lowest BCUT2D eigenvalue weighted by molar-refractivity contribution is -0.155. The highest BCUT2D eigenvalue weighted by atomic mass is 32.2. The Morgan fingerprint density at radius 1 is 1.35 bits per heavy atom. The van der Waals surface area contributed by atoms with E-state index < -0.39 is 21.4 Å². The van der Waals surface area contributed by atoms with Crippen LogP contribution in [0.25, 0.3) is 0 Å². The number of nitrogens with one attached hydrogen (secondary N) is 1. The van der Waals surface area contributed by atoms with Crippen molar-refractivity contribution in [1.29, 1.82) is 0 Å². The van der Waals surface area contributed by atoms with E-state index in [1.165, 1.54) is 4.90 Å². The van der Waals surface area contributed by atoms with Crippen molar-refractivity contribution in [2.45, 2.75) is 44.7 Å². The van der Waals surface area contributed by atoms with Crippen LogP contribution in [0.3, 0.4) is 0 Å². The van der Waals surface area contributed by atoms with Gasteiger partial charge in [0.1, 0.15) is 21.4 Å². The minimum Gasteiger partial charge on any atom is -0.340 e. The molecule has 114 valence electrons. The van der Waals surface area contributed by atoms with E-state index in [0.717, 1.165) is 19.1 Å². The van der Waals surface area contributed by atoms with Gasteiger partial charge in [-0.2, -0.15) is 0 Å². The summed E-state index contributed by atoms with van der Waals surface area (Å²) in [6.45, 7) is 3.63. The molecule has 1 aliphatic carbocycles. The number of carbonyl (C=O) groups excluding carboxylic acids is 2. The summed E-state index contributed by atoms with van der Waals surface area (Å²) < 4.78 is 22.7. The van der Waals surface area contributed by atoms with Crippen molar-refractivity contribution < 1.29 is 18.0 Å². The number of nitrogens with zero attached hydrogens (tertiary/aromatic N) is 1. The Labute approximate surface area is 119 Å². The molecule has 2 amide bonds. The number of carbonyl (C=O) groups is 2. The van der Waals surface area contributed by atoms with Crippen LogP contribution in [-0.4, -0.2) is 55.3 Å². The smallest absolute Gasteiger partial charge is 0.248 e. The van der Waals surface area contributed by atoms with Gasteiger partial charge in [0, 0.05) is 12.8 Å². The highest BCUT2D eigenvalue weighted by Gasteiger charge is 2.51. The third kappa shape index (κ3) is 2.97. The fraction of sp³-hybridized carbons (Fsp3) is 0.846. The minimum atomic E-state index is -3.16. The quantitative estimate of drug-likeness (QED) is 0.771. The summed E-state index contributed by atoms with van der Waals surface area (Å²) in [5.41, 5.74) is -0.917. The van der Waals surface area contributed by atoms with Crippen molar-refractivity contribution in [3.8, 4) is 0 Å². The van der Waals surface area contributed by atoms with Crippen LogP contribution in [0.5, 0.6) is 0 Å². The number of piperazine rings is 1. The Morgan fingerprint density at radius 2 is 1.95 bits per heavy atom. The Bertz CT molecular complexity index is 526. The van der Waals surface area contributed by atoms with Crippen LogP contribution in [0.2, 0.25) is 0 Å². The van der Waals surface area contributed by atoms with E-state index in [1.807, 2.05) is 6.92 Å². The molecule has 0 aromatic heterocycles. The maximum absolute atomic E-state index is 12.6. The predicted octanol–water partition coefficient (Wildman–Crippen LogP) is -0.0633. The maximum atomic E-state index is 12.6. The molecule has 0 aromatic carbocycles. The molecule has 20 heavy (non-hydrogen) atoms. The second-order valence-corrected chi connectivity index (χ2v) is 8.35. The largest absolute Gasteiger partial charge is 0.340 e. The second kappa shape index (κ2) is 5.02. The number of sulfone groups is 1. The number of rotatable bonds is 5. The summed E-state index contributed by atoms with van der Waals surface area (Å²) >= 11 is 0. The molecule has 2 unspecified atom stereocenters. The van der Waals surface area contributed by atoms with E-state index in [-0.39, 0.29) is 30.0 Å². The highest BCUT2D eigenvalue weighted by molar-refractivity contribution is 7.90. The van der Waals surface area contributed by atoms with Crippen LogP contribution in [-0.2, 0) is 19.4 Å². The summed E-state index contributed by atoms with van der Waals surface area (Å²) in [6.07, 6.45) is 3.48. The fourth-order valence-electron chi connectivity index (χ4n) is 2.61. The first-order valence-corrected chi connectivity index (χ1v) is 9.05. The van der Waals surface area contributed by atoms with Crippen molar-refractivity contribution in [3.63, 3.8) is 0 Å². The number of amides is 2. The topological polar surface area (TPSA) is 83.6 Å². The first kappa shape index (κ1) is 15.3. The second-order valence-electron chi connectivity index (χ2n) is 6.09. The Hall–Kier alpha value is -1.11. The van der Waals surface area contributed by atoms with Crippen molar-refractivity contribution in [1.82, 2.24) is 10.2 Å². The van der Waals surface area contributed by atoms with Crippen molar-refractivity contribution in [2.75, 3.05) is 18.6 Å². The van der Waals surface area contributed by atoms with Gasteiger partial charge in [-0.25, -0.2) is 8.42 Å². The van der Waals surface area contributed by atoms with Gasteiger partial charge in [0.25, 0.3) is 0 Å². The number of hydrogen-bond donors (Lipinski definition) is 1. The third-order valence-electron chi connectivity index (χ3n) is 4.22. The SMILES string of the molecule is CCC1(C)NC(=O)C(C2CC2)N(CCS(C)(=O)=O)C1=O. The van der Waals surface area contributed by atoms with Gasteiger partial charge >= 0.3 is 0 Å². The zero-order valence-electron chi connectivity index (χ0n) is 12.2. The summed E-state index contributed by atoms with van der Waals surface area (Å²) in [5, 5.41) is 2.81. The Morgan fingerprint density at radius 3 is 2.40 bits per heavy atom. The fourth-order valence-corrected chi connectivity index (χ4v) is 3.14. The van der Waals surface area contributed by atoms with Crippen LogP contribution in [0.1, 0.15) is 33.1 Å². The van der Waals surface area contributed by atoms with Crippen molar-refractivity contribution >= 4 is 21.7 Å².